The van der Waals surface area contributed by atoms with Crippen molar-refractivity contribution in [2.75, 3.05) is 4.90 Å². The van der Waals surface area contributed by atoms with Crippen LogP contribution in [0.1, 0.15) is 25.0 Å². The Morgan fingerprint density at radius 3 is 1.75 bits per heavy atom. The molecule has 7 aromatic carbocycles. The van der Waals surface area contributed by atoms with E-state index >= 15 is 0 Å². The van der Waals surface area contributed by atoms with Crippen LogP contribution in [0.25, 0.3) is 61.1 Å². The minimum Gasteiger partial charge on any atom is -0.310 e. The quantitative estimate of drug-likeness (QED) is 0.174. The monoisotopic (exact) mass is 679 g/mol. The van der Waals surface area contributed by atoms with Gasteiger partial charge in [-0.2, -0.15) is 5.10 Å². The van der Waals surface area contributed by atoms with Crippen LogP contribution in [0, 0.1) is 0 Å². The highest BCUT2D eigenvalue weighted by molar-refractivity contribution is 6.09. The molecular formula is C50H37N3. The Balaban J connectivity index is 1.24. The molecule has 252 valence electrons. The van der Waals surface area contributed by atoms with Crippen molar-refractivity contribution in [1.29, 1.82) is 0 Å². The first-order chi connectivity index (χ1) is 26.1. The molecule has 0 fully saturated rings. The molecular weight excluding hydrogens is 643 g/mol. The zero-order chi connectivity index (χ0) is 35.5. The number of anilines is 3. The third-order valence-corrected chi connectivity index (χ3v) is 11.0. The van der Waals surface area contributed by atoms with Crippen molar-refractivity contribution in [2.24, 2.45) is 0 Å². The lowest BCUT2D eigenvalue weighted by molar-refractivity contribution is 0.660. The van der Waals surface area contributed by atoms with Gasteiger partial charge in [0.05, 0.1) is 11.2 Å². The predicted octanol–water partition coefficient (Wildman–Crippen LogP) is 13.3. The van der Waals surface area contributed by atoms with Crippen LogP contribution in [0.3, 0.4) is 0 Å². The number of hydrogen-bond acceptors (Lipinski definition) is 2. The summed E-state index contributed by atoms with van der Waals surface area (Å²) in [6, 6.07) is 67.7. The number of hydrogen-bond donors (Lipinski definition) is 0. The van der Waals surface area contributed by atoms with E-state index in [-0.39, 0.29) is 5.41 Å². The Morgan fingerprint density at radius 1 is 0.472 bits per heavy atom. The number of benzene rings is 7. The second-order valence-corrected chi connectivity index (χ2v) is 14.5. The van der Waals surface area contributed by atoms with Crippen LogP contribution < -0.4 is 4.90 Å². The Hall–Kier alpha value is -6.71. The number of para-hydroxylation sites is 1. The van der Waals surface area contributed by atoms with Crippen molar-refractivity contribution in [2.45, 2.75) is 19.3 Å². The van der Waals surface area contributed by atoms with Gasteiger partial charge >= 0.3 is 0 Å². The maximum atomic E-state index is 5.41. The van der Waals surface area contributed by atoms with Gasteiger partial charge in [0.1, 0.15) is 5.69 Å². The number of aromatic nitrogens is 2. The summed E-state index contributed by atoms with van der Waals surface area (Å²) in [4.78, 5) is 2.40. The van der Waals surface area contributed by atoms with E-state index in [9.17, 15) is 0 Å². The van der Waals surface area contributed by atoms with Gasteiger partial charge in [0.25, 0.3) is 0 Å². The van der Waals surface area contributed by atoms with Gasteiger partial charge in [-0.3, -0.25) is 0 Å². The van der Waals surface area contributed by atoms with Crippen molar-refractivity contribution in [1.82, 2.24) is 9.61 Å². The Bertz CT molecular complexity index is 2780. The van der Waals surface area contributed by atoms with Gasteiger partial charge < -0.3 is 4.90 Å². The van der Waals surface area contributed by atoms with Crippen molar-refractivity contribution < 1.29 is 0 Å². The van der Waals surface area contributed by atoms with Gasteiger partial charge in [0.15, 0.2) is 0 Å². The third kappa shape index (κ3) is 5.00. The second-order valence-electron chi connectivity index (χ2n) is 14.5. The van der Waals surface area contributed by atoms with Crippen LogP contribution in [0.4, 0.5) is 17.1 Å². The van der Waals surface area contributed by atoms with Gasteiger partial charge in [-0.25, -0.2) is 4.52 Å². The second kappa shape index (κ2) is 12.2. The maximum absolute atomic E-state index is 5.41. The van der Waals surface area contributed by atoms with E-state index in [1.807, 2.05) is 0 Å². The van der Waals surface area contributed by atoms with Crippen molar-refractivity contribution >= 4 is 33.4 Å². The minimum atomic E-state index is -0.101. The molecule has 2 aromatic heterocycles. The van der Waals surface area contributed by atoms with Crippen LogP contribution >= 0.6 is 0 Å². The topological polar surface area (TPSA) is 20.5 Å². The molecule has 53 heavy (non-hydrogen) atoms. The summed E-state index contributed by atoms with van der Waals surface area (Å²) in [5, 5.41) is 7.72. The first-order valence-corrected chi connectivity index (χ1v) is 18.3. The van der Waals surface area contributed by atoms with Gasteiger partial charge in [-0.1, -0.05) is 159 Å². The maximum Gasteiger partial charge on any atom is 0.101 e. The molecule has 0 bridgehead atoms. The normalized spacial score (nSPS) is 12.9. The highest BCUT2D eigenvalue weighted by atomic mass is 15.2. The molecule has 0 unspecified atom stereocenters. The van der Waals surface area contributed by atoms with E-state index in [2.05, 4.69) is 211 Å². The molecule has 0 N–H and O–H groups in total. The summed E-state index contributed by atoms with van der Waals surface area (Å²) < 4.78 is 2.16. The van der Waals surface area contributed by atoms with E-state index in [0.717, 1.165) is 67.0 Å². The first kappa shape index (κ1) is 31.1. The predicted molar refractivity (Wildman–Crippen MR) is 221 cm³/mol. The molecule has 0 amide bonds. The Kier molecular flexibility index (Phi) is 7.16. The SMILES string of the molecule is CC1(C)c2ccccc2-c2ccc(N(c3ccccc3)c3ccc4c(c3)cc(-c3ccccc3)n3nc(-c5ccccc5)c(-c5ccccc5)c43)cc21. The summed E-state index contributed by atoms with van der Waals surface area (Å²) in [7, 11) is 0. The molecule has 0 spiro atoms. The molecule has 9 aromatic rings. The lowest BCUT2D eigenvalue weighted by Crippen LogP contribution is -2.16. The lowest BCUT2D eigenvalue weighted by atomic mass is 9.82. The fraction of sp³-hybridized carbons (Fsp3) is 0.0600. The Morgan fingerprint density at radius 2 is 1.04 bits per heavy atom. The van der Waals surface area contributed by atoms with E-state index < -0.39 is 0 Å². The first-order valence-electron chi connectivity index (χ1n) is 18.3. The van der Waals surface area contributed by atoms with Crippen molar-refractivity contribution in [3.63, 3.8) is 0 Å². The van der Waals surface area contributed by atoms with Gasteiger partial charge in [0.2, 0.25) is 0 Å². The molecule has 10 rings (SSSR count). The molecule has 1 aliphatic carbocycles. The van der Waals surface area contributed by atoms with Crippen LogP contribution in [-0.4, -0.2) is 9.61 Å². The standard InChI is InChI=1S/C50H37N3/c1-50(2)44-26-16-15-25-42(44)43-30-28-40(33-45(43)50)52(38-23-13-6-14-24-38)39-27-29-41-37(31-39)32-46(34-17-7-3-8-18-34)53-49(41)47(35-19-9-4-10-20-35)48(51-53)36-21-11-5-12-22-36/h3-33H,1-2H3. The summed E-state index contributed by atoms with van der Waals surface area (Å²) in [5.41, 5.74) is 16.2. The van der Waals surface area contributed by atoms with Gasteiger partial charge in [-0.05, 0) is 75.7 Å². The van der Waals surface area contributed by atoms with E-state index in [1.54, 1.807) is 0 Å². The fourth-order valence-electron chi connectivity index (χ4n) is 8.42. The zero-order valence-corrected chi connectivity index (χ0v) is 29.7. The van der Waals surface area contributed by atoms with Crippen molar-refractivity contribution in [3.8, 4) is 44.8 Å². The summed E-state index contributed by atoms with van der Waals surface area (Å²) in [6.45, 7) is 4.69. The van der Waals surface area contributed by atoms with Crippen LogP contribution in [0.5, 0.6) is 0 Å². The summed E-state index contributed by atoms with van der Waals surface area (Å²) in [5.74, 6) is 0. The number of rotatable bonds is 6. The van der Waals surface area contributed by atoms with Gasteiger partial charge in [-0.15, -0.1) is 0 Å². The molecule has 1 aliphatic rings. The third-order valence-electron chi connectivity index (χ3n) is 11.0. The lowest BCUT2D eigenvalue weighted by Gasteiger charge is -2.28. The Labute approximate surface area is 310 Å². The number of pyridine rings is 1. The molecule has 2 heterocycles. The molecule has 0 saturated carbocycles. The highest BCUT2D eigenvalue weighted by Crippen LogP contribution is 2.51. The van der Waals surface area contributed by atoms with E-state index in [4.69, 9.17) is 5.10 Å². The molecule has 0 saturated heterocycles. The fourth-order valence-corrected chi connectivity index (χ4v) is 8.42. The van der Waals surface area contributed by atoms with Crippen molar-refractivity contribution in [3.05, 3.63) is 199 Å². The largest absolute Gasteiger partial charge is 0.310 e. The average molecular weight is 680 g/mol. The van der Waals surface area contributed by atoms with Crippen LogP contribution in [0.2, 0.25) is 0 Å². The van der Waals surface area contributed by atoms with Crippen LogP contribution in [-0.2, 0) is 5.41 Å². The molecule has 0 aliphatic heterocycles. The smallest absolute Gasteiger partial charge is 0.101 e. The van der Waals surface area contributed by atoms with E-state index in [0.29, 0.717) is 0 Å². The molecule has 3 nitrogen and oxygen atoms in total. The summed E-state index contributed by atoms with van der Waals surface area (Å²) >= 11 is 0. The molecule has 0 atom stereocenters. The van der Waals surface area contributed by atoms with Crippen LogP contribution in [0.15, 0.2) is 188 Å². The number of fused-ring (bicyclic) bond motifs is 6. The zero-order valence-electron chi connectivity index (χ0n) is 29.7. The number of nitrogens with zero attached hydrogens (tertiary/aromatic N) is 3. The molecule has 0 radical (unpaired) electrons. The molecule has 3 heteroatoms. The average Bonchev–Trinajstić information content (AvgIpc) is 3.73. The summed E-state index contributed by atoms with van der Waals surface area (Å²) in [6.07, 6.45) is 0. The highest BCUT2D eigenvalue weighted by Gasteiger charge is 2.35. The van der Waals surface area contributed by atoms with Gasteiger partial charge in [0, 0.05) is 44.6 Å². The van der Waals surface area contributed by atoms with E-state index in [1.165, 1.54) is 22.3 Å². The minimum absolute atomic E-state index is 0.101.